The van der Waals surface area contributed by atoms with Crippen molar-refractivity contribution in [2.75, 3.05) is 4.90 Å². The lowest BCUT2D eigenvalue weighted by molar-refractivity contribution is 0.666. The van der Waals surface area contributed by atoms with E-state index in [1.165, 1.54) is 105 Å². The maximum absolute atomic E-state index is 2.60. The van der Waals surface area contributed by atoms with Gasteiger partial charge >= 0.3 is 0 Å². The molecule has 0 aromatic heterocycles. The van der Waals surface area contributed by atoms with Gasteiger partial charge in [0.05, 0.1) is 16.8 Å². The summed E-state index contributed by atoms with van der Waals surface area (Å²) in [4.78, 5) is 2.60. The van der Waals surface area contributed by atoms with Gasteiger partial charge in [0.25, 0.3) is 0 Å². The van der Waals surface area contributed by atoms with Crippen LogP contribution in [-0.4, -0.2) is 0 Å². The maximum Gasteiger partial charge on any atom is 0.0714 e. The van der Waals surface area contributed by atoms with Crippen molar-refractivity contribution >= 4 is 27.8 Å². The standard InChI is InChI=1S/C68H49N/c1-67(2)65-58(64-59(47-26-9-4-10-27-47)44-48-28-15-16-34-53(48)66(64)67)38-23-41-63(65)69(62-40-22-20-37-57(62)54-35-18-17-33-52(54)46-24-7-3-8-25-46)51-42-43-56-55-36-19-21-39-60(55)68(61(56)45-51,49-29-11-5-12-30-49)50-31-13-6-14-32-50/h3-45H,1-2H3. The molecule has 326 valence electrons. The van der Waals surface area contributed by atoms with E-state index < -0.39 is 5.41 Å². The largest absolute Gasteiger partial charge is 0.310 e. The van der Waals surface area contributed by atoms with Gasteiger partial charge in [-0.3, -0.25) is 0 Å². The first kappa shape index (κ1) is 40.7. The van der Waals surface area contributed by atoms with Crippen LogP contribution in [0, 0.1) is 0 Å². The lowest BCUT2D eigenvalue weighted by Gasteiger charge is -2.36. The highest BCUT2D eigenvalue weighted by atomic mass is 15.1. The van der Waals surface area contributed by atoms with Crippen LogP contribution in [0.3, 0.4) is 0 Å². The Labute approximate surface area is 405 Å². The molecule has 0 aliphatic heterocycles. The molecule has 2 aliphatic carbocycles. The van der Waals surface area contributed by atoms with E-state index in [1.807, 2.05) is 0 Å². The second-order valence-corrected chi connectivity index (χ2v) is 19.1. The number of rotatable bonds is 8. The van der Waals surface area contributed by atoms with Crippen molar-refractivity contribution in [2.45, 2.75) is 24.7 Å². The minimum atomic E-state index is -0.562. The molecule has 0 fully saturated rings. The predicted molar refractivity (Wildman–Crippen MR) is 290 cm³/mol. The fraction of sp³-hybridized carbons (Fsp3) is 0.0588. The van der Waals surface area contributed by atoms with Crippen LogP contribution in [0.15, 0.2) is 261 Å². The summed E-state index contributed by atoms with van der Waals surface area (Å²) in [7, 11) is 0. The summed E-state index contributed by atoms with van der Waals surface area (Å²) in [5, 5.41) is 2.56. The zero-order chi connectivity index (χ0) is 46.1. The maximum atomic E-state index is 2.60. The summed E-state index contributed by atoms with van der Waals surface area (Å²) in [6, 6.07) is 96.9. The zero-order valence-corrected chi connectivity index (χ0v) is 38.8. The molecule has 0 amide bonds. The predicted octanol–water partition coefficient (Wildman–Crippen LogP) is 18.0. The van der Waals surface area contributed by atoms with Gasteiger partial charge in [-0.25, -0.2) is 0 Å². The minimum absolute atomic E-state index is 0.383. The Morgan fingerprint density at radius 3 is 1.52 bits per heavy atom. The second-order valence-electron chi connectivity index (χ2n) is 19.1. The average molecular weight is 880 g/mol. The third-order valence-corrected chi connectivity index (χ3v) is 15.1. The molecule has 0 heterocycles. The van der Waals surface area contributed by atoms with Crippen LogP contribution >= 0.6 is 0 Å². The van der Waals surface area contributed by atoms with Gasteiger partial charge in [0.2, 0.25) is 0 Å². The molecule has 1 heteroatoms. The normalized spacial score (nSPS) is 13.6. The lowest BCUT2D eigenvalue weighted by atomic mass is 9.67. The van der Waals surface area contributed by atoms with E-state index in [9.17, 15) is 0 Å². The summed E-state index contributed by atoms with van der Waals surface area (Å²) in [6.07, 6.45) is 0. The van der Waals surface area contributed by atoms with Crippen LogP contribution in [0.25, 0.3) is 66.4 Å². The molecule has 1 nitrogen and oxygen atoms in total. The summed E-state index contributed by atoms with van der Waals surface area (Å²) in [5.74, 6) is 0. The van der Waals surface area contributed by atoms with Crippen molar-refractivity contribution in [1.29, 1.82) is 0 Å². The Bertz CT molecular complexity index is 3700. The van der Waals surface area contributed by atoms with Crippen molar-refractivity contribution in [3.05, 3.63) is 294 Å². The number of fused-ring (bicyclic) bond motifs is 8. The van der Waals surface area contributed by atoms with Crippen molar-refractivity contribution in [2.24, 2.45) is 0 Å². The molecule has 0 unspecified atom stereocenters. The summed E-state index contributed by atoms with van der Waals surface area (Å²) in [5.41, 5.74) is 22.6. The number of para-hydroxylation sites is 1. The van der Waals surface area contributed by atoms with Crippen molar-refractivity contribution in [3.8, 4) is 55.6 Å². The van der Waals surface area contributed by atoms with Crippen molar-refractivity contribution in [3.63, 3.8) is 0 Å². The molecule has 11 aromatic rings. The Morgan fingerprint density at radius 1 is 0.319 bits per heavy atom. The molecule has 0 spiro atoms. The van der Waals surface area contributed by atoms with Gasteiger partial charge in [0.15, 0.2) is 0 Å². The summed E-state index contributed by atoms with van der Waals surface area (Å²) >= 11 is 0. The Hall–Kier alpha value is -8.52. The molecule has 0 saturated carbocycles. The van der Waals surface area contributed by atoms with E-state index in [1.54, 1.807) is 0 Å². The SMILES string of the molecule is CC1(C)c2c(cccc2N(c2ccc3c(c2)C(c2ccccc2)(c2ccccc2)c2ccccc2-3)c2ccccc2-c2ccccc2-c2ccccc2)-c2c(-c3ccccc3)cc3ccccc3c21. The van der Waals surface area contributed by atoms with Crippen molar-refractivity contribution < 1.29 is 0 Å². The molecular formula is C68H49N. The van der Waals surface area contributed by atoms with Gasteiger partial charge in [0.1, 0.15) is 0 Å². The van der Waals surface area contributed by atoms with E-state index in [-0.39, 0.29) is 5.41 Å². The highest BCUT2D eigenvalue weighted by Crippen LogP contribution is 2.61. The number of hydrogen-bond acceptors (Lipinski definition) is 1. The molecule has 0 N–H and O–H groups in total. The molecule has 0 bridgehead atoms. The smallest absolute Gasteiger partial charge is 0.0714 e. The van der Waals surface area contributed by atoms with Crippen LogP contribution in [0.5, 0.6) is 0 Å². The number of benzene rings is 11. The van der Waals surface area contributed by atoms with Crippen LogP contribution in [0.4, 0.5) is 17.1 Å². The monoisotopic (exact) mass is 879 g/mol. The molecule has 2 aliphatic rings. The molecule has 0 radical (unpaired) electrons. The second kappa shape index (κ2) is 16.1. The average Bonchev–Trinajstić information content (AvgIpc) is 3.85. The number of nitrogens with zero attached hydrogens (tertiary/aromatic N) is 1. The lowest BCUT2D eigenvalue weighted by Crippen LogP contribution is -2.29. The fourth-order valence-electron chi connectivity index (χ4n) is 12.3. The zero-order valence-electron chi connectivity index (χ0n) is 38.8. The van der Waals surface area contributed by atoms with Crippen LogP contribution in [0.1, 0.15) is 47.2 Å². The molecule has 69 heavy (non-hydrogen) atoms. The van der Waals surface area contributed by atoms with E-state index in [2.05, 4.69) is 280 Å². The van der Waals surface area contributed by atoms with Crippen LogP contribution < -0.4 is 4.90 Å². The van der Waals surface area contributed by atoms with Crippen molar-refractivity contribution in [1.82, 2.24) is 0 Å². The molecule has 13 rings (SSSR count). The Balaban J connectivity index is 1.13. The van der Waals surface area contributed by atoms with Gasteiger partial charge in [0, 0.05) is 16.7 Å². The first-order valence-corrected chi connectivity index (χ1v) is 24.2. The Kier molecular flexibility index (Phi) is 9.49. The number of hydrogen-bond donors (Lipinski definition) is 0. The number of anilines is 3. The van der Waals surface area contributed by atoms with E-state index in [0.29, 0.717) is 0 Å². The molecule has 0 saturated heterocycles. The third-order valence-electron chi connectivity index (χ3n) is 15.1. The van der Waals surface area contributed by atoms with Crippen LogP contribution in [0.2, 0.25) is 0 Å². The van der Waals surface area contributed by atoms with E-state index >= 15 is 0 Å². The van der Waals surface area contributed by atoms with Gasteiger partial charge in [-0.2, -0.15) is 0 Å². The third kappa shape index (κ3) is 6.17. The quantitative estimate of drug-likeness (QED) is 0.147. The van der Waals surface area contributed by atoms with E-state index in [4.69, 9.17) is 0 Å². The van der Waals surface area contributed by atoms with Crippen LogP contribution in [-0.2, 0) is 10.8 Å². The minimum Gasteiger partial charge on any atom is -0.310 e. The van der Waals surface area contributed by atoms with E-state index in [0.717, 1.165) is 11.4 Å². The molecule has 11 aromatic carbocycles. The van der Waals surface area contributed by atoms with Gasteiger partial charge in [-0.15, -0.1) is 0 Å². The molecule has 0 atom stereocenters. The summed E-state index contributed by atoms with van der Waals surface area (Å²) < 4.78 is 0. The molecular weight excluding hydrogens is 831 g/mol. The van der Waals surface area contributed by atoms with Gasteiger partial charge in [-0.05, 0) is 125 Å². The van der Waals surface area contributed by atoms with Gasteiger partial charge in [-0.1, -0.05) is 244 Å². The highest BCUT2D eigenvalue weighted by Gasteiger charge is 2.47. The summed E-state index contributed by atoms with van der Waals surface area (Å²) in [6.45, 7) is 4.90. The topological polar surface area (TPSA) is 3.24 Å². The van der Waals surface area contributed by atoms with Gasteiger partial charge < -0.3 is 4.90 Å². The first-order chi connectivity index (χ1) is 34.0. The Morgan fingerprint density at radius 2 is 0.826 bits per heavy atom. The first-order valence-electron chi connectivity index (χ1n) is 24.2. The highest BCUT2D eigenvalue weighted by molar-refractivity contribution is 6.07. The fourth-order valence-corrected chi connectivity index (χ4v) is 12.3.